The van der Waals surface area contributed by atoms with E-state index in [-0.39, 0.29) is 27.9 Å². The molecule has 1 fully saturated rings. The molecule has 0 radical (unpaired) electrons. The Balaban J connectivity index is 1.70. The maximum atomic E-state index is 13.1. The number of carbonyl (C=O) groups is 1. The molecule has 0 spiro atoms. The van der Waals surface area contributed by atoms with Crippen LogP contribution in [0.1, 0.15) is 10.4 Å². The second kappa shape index (κ2) is 9.38. The lowest BCUT2D eigenvalue weighted by Crippen LogP contribution is -2.42. The van der Waals surface area contributed by atoms with Crippen LogP contribution in [0.25, 0.3) is 16.7 Å². The number of aromatic nitrogens is 3. The van der Waals surface area contributed by atoms with Crippen LogP contribution in [0.2, 0.25) is 0 Å². The zero-order chi connectivity index (χ0) is 21.8. The van der Waals surface area contributed by atoms with Gasteiger partial charge in [0.15, 0.2) is 0 Å². The molecule has 10 heteroatoms. The first kappa shape index (κ1) is 21.2. The molecule has 0 aromatic carbocycles. The zero-order valence-electron chi connectivity index (χ0n) is 17.5. The monoisotopic (exact) mass is 426 g/mol. The number of carbonyl (C=O) groups excluding carboxylic acids is 1. The summed E-state index contributed by atoms with van der Waals surface area (Å²) < 4.78 is 13.5. The molecule has 31 heavy (non-hydrogen) atoms. The fourth-order valence-electron chi connectivity index (χ4n) is 3.71. The van der Waals surface area contributed by atoms with Gasteiger partial charge in [-0.3, -0.25) is 24.3 Å². The van der Waals surface area contributed by atoms with Gasteiger partial charge in [-0.1, -0.05) is 6.07 Å². The number of nitrogens with one attached hydrogen (secondary N) is 2. The van der Waals surface area contributed by atoms with Gasteiger partial charge in [0.25, 0.3) is 11.5 Å². The summed E-state index contributed by atoms with van der Waals surface area (Å²) in [4.78, 5) is 32.8. The van der Waals surface area contributed by atoms with Gasteiger partial charge in [0.05, 0.1) is 30.8 Å². The molecule has 0 bridgehead atoms. The van der Waals surface area contributed by atoms with Gasteiger partial charge in [-0.05, 0) is 18.2 Å². The number of hydrogen-bond acceptors (Lipinski definition) is 7. The molecule has 3 aromatic heterocycles. The third-order valence-electron chi connectivity index (χ3n) is 5.40. The van der Waals surface area contributed by atoms with Crippen molar-refractivity contribution in [2.45, 2.75) is 6.54 Å². The normalized spacial score (nSPS) is 14.9. The summed E-state index contributed by atoms with van der Waals surface area (Å²) in [5.41, 5.74) is 0.700. The average Bonchev–Trinajstić information content (AvgIpc) is 2.79. The van der Waals surface area contributed by atoms with E-state index in [1.807, 2.05) is 0 Å². The van der Waals surface area contributed by atoms with E-state index in [1.54, 1.807) is 36.1 Å². The Morgan fingerprint density at radius 3 is 2.87 bits per heavy atom. The lowest BCUT2D eigenvalue weighted by Gasteiger charge is -2.26. The largest absolute Gasteiger partial charge is 0.383 e. The fraction of sp³-hybridized carbons (Fsp3) is 0.429. The minimum atomic E-state index is -0.385. The summed E-state index contributed by atoms with van der Waals surface area (Å²) in [7, 11) is 1.56. The number of methoxy groups -OCH3 is 1. The highest BCUT2D eigenvalue weighted by Crippen LogP contribution is 2.10. The van der Waals surface area contributed by atoms with Crippen LogP contribution in [-0.4, -0.2) is 77.9 Å². The topological polar surface area (TPSA) is 114 Å². The first-order valence-corrected chi connectivity index (χ1v) is 10.3. The van der Waals surface area contributed by atoms with Crippen molar-refractivity contribution in [2.24, 2.45) is 0 Å². The van der Waals surface area contributed by atoms with Crippen molar-refractivity contribution >= 4 is 22.6 Å². The van der Waals surface area contributed by atoms with E-state index >= 15 is 0 Å². The molecule has 4 heterocycles. The second-order valence-corrected chi connectivity index (χ2v) is 7.34. The molecular weight excluding hydrogens is 400 g/mol. The highest BCUT2D eigenvalue weighted by Gasteiger charge is 2.18. The van der Waals surface area contributed by atoms with Crippen LogP contribution >= 0.6 is 0 Å². The molecular formula is C21H26N6O4. The molecule has 10 nitrogen and oxygen atoms in total. The first-order valence-electron chi connectivity index (χ1n) is 10.3. The third-order valence-corrected chi connectivity index (χ3v) is 5.40. The van der Waals surface area contributed by atoms with E-state index in [1.165, 1.54) is 10.5 Å². The molecule has 0 unspecified atom stereocenters. The Kier molecular flexibility index (Phi) is 6.40. The van der Waals surface area contributed by atoms with Gasteiger partial charge >= 0.3 is 0 Å². The molecule has 0 aliphatic carbocycles. The summed E-state index contributed by atoms with van der Waals surface area (Å²) in [5, 5.41) is 11.8. The van der Waals surface area contributed by atoms with E-state index in [0.717, 1.165) is 13.1 Å². The molecule has 3 aromatic rings. The number of ether oxygens (including phenoxy) is 2. The molecule has 164 valence electrons. The van der Waals surface area contributed by atoms with Crippen molar-refractivity contribution < 1.29 is 14.3 Å². The highest BCUT2D eigenvalue weighted by molar-refractivity contribution is 5.96. The van der Waals surface area contributed by atoms with Gasteiger partial charge in [0, 0.05) is 46.0 Å². The minimum absolute atomic E-state index is 0.000559. The van der Waals surface area contributed by atoms with Gasteiger partial charge in [0.2, 0.25) is 0 Å². The quantitative estimate of drug-likeness (QED) is 0.508. The minimum Gasteiger partial charge on any atom is -0.383 e. The maximum absolute atomic E-state index is 13.1. The standard InChI is InChI=1S/C21H26N6O4/c1-30-11-10-27-18(22)15(20(28)23-5-7-25-8-12-31-13-9-25)14-16-19(27)24-17-4-2-3-6-26(17)21(16)29/h2-4,6,14,22H,5,7-13H2,1H3,(H,23,28). The Morgan fingerprint density at radius 2 is 2.10 bits per heavy atom. The van der Waals surface area contributed by atoms with Crippen LogP contribution in [0, 0.1) is 5.41 Å². The van der Waals surface area contributed by atoms with Gasteiger partial charge in [-0.25, -0.2) is 4.98 Å². The molecule has 2 N–H and O–H groups in total. The second-order valence-electron chi connectivity index (χ2n) is 7.34. The molecule has 0 saturated carbocycles. The number of nitrogens with zero attached hydrogens (tertiary/aromatic N) is 4. The smallest absolute Gasteiger partial charge is 0.267 e. The van der Waals surface area contributed by atoms with Crippen LogP contribution in [-0.2, 0) is 16.0 Å². The van der Waals surface area contributed by atoms with Crippen LogP contribution in [0.3, 0.4) is 0 Å². The molecule has 1 saturated heterocycles. The van der Waals surface area contributed by atoms with Gasteiger partial charge < -0.3 is 19.4 Å². The van der Waals surface area contributed by atoms with Gasteiger partial charge in [-0.15, -0.1) is 0 Å². The Labute approximate surface area is 178 Å². The number of hydrogen-bond donors (Lipinski definition) is 2. The van der Waals surface area contributed by atoms with E-state index in [0.29, 0.717) is 50.7 Å². The van der Waals surface area contributed by atoms with E-state index in [4.69, 9.17) is 14.9 Å². The number of morpholine rings is 1. The van der Waals surface area contributed by atoms with Crippen LogP contribution in [0.15, 0.2) is 35.3 Å². The number of rotatable bonds is 7. The molecule has 4 rings (SSSR count). The Bertz CT molecular complexity index is 1210. The lowest BCUT2D eigenvalue weighted by atomic mass is 10.2. The fourth-order valence-corrected chi connectivity index (χ4v) is 3.71. The lowest BCUT2D eigenvalue weighted by molar-refractivity contribution is 0.0383. The van der Waals surface area contributed by atoms with Crippen LogP contribution in [0.4, 0.5) is 0 Å². The van der Waals surface area contributed by atoms with Crippen molar-refractivity contribution in [1.29, 1.82) is 5.41 Å². The van der Waals surface area contributed by atoms with Crippen molar-refractivity contribution in [1.82, 2.24) is 24.2 Å². The number of pyridine rings is 2. The average molecular weight is 426 g/mol. The van der Waals surface area contributed by atoms with Crippen LogP contribution in [0.5, 0.6) is 0 Å². The predicted molar refractivity (Wildman–Crippen MR) is 114 cm³/mol. The van der Waals surface area contributed by atoms with Gasteiger partial charge in [0.1, 0.15) is 16.8 Å². The predicted octanol–water partition coefficient (Wildman–Crippen LogP) is -0.163. The number of amides is 1. The summed E-state index contributed by atoms with van der Waals surface area (Å²) in [5.74, 6) is -0.385. The van der Waals surface area contributed by atoms with Crippen LogP contribution < -0.4 is 16.4 Å². The molecule has 1 aliphatic rings. The van der Waals surface area contributed by atoms with Crippen molar-refractivity contribution in [2.75, 3.05) is 53.1 Å². The Morgan fingerprint density at radius 1 is 1.29 bits per heavy atom. The van der Waals surface area contributed by atoms with E-state index in [2.05, 4.69) is 15.2 Å². The summed E-state index contributed by atoms with van der Waals surface area (Å²) in [6, 6.07) is 6.75. The first-order chi connectivity index (χ1) is 15.1. The van der Waals surface area contributed by atoms with E-state index < -0.39 is 0 Å². The molecule has 0 atom stereocenters. The third kappa shape index (κ3) is 4.36. The summed E-state index contributed by atoms with van der Waals surface area (Å²) >= 11 is 0. The summed E-state index contributed by atoms with van der Waals surface area (Å²) in [6.45, 7) is 4.83. The van der Waals surface area contributed by atoms with Crippen molar-refractivity contribution in [3.63, 3.8) is 0 Å². The van der Waals surface area contributed by atoms with E-state index in [9.17, 15) is 9.59 Å². The van der Waals surface area contributed by atoms with Gasteiger partial charge in [-0.2, -0.15) is 0 Å². The zero-order valence-corrected chi connectivity index (χ0v) is 17.5. The highest BCUT2D eigenvalue weighted by atomic mass is 16.5. The summed E-state index contributed by atoms with van der Waals surface area (Å²) in [6.07, 6.45) is 1.64. The SMILES string of the molecule is COCCn1c(=N)c(C(=O)NCCN2CCOCC2)cc2c(=O)n3ccccc3nc21. The number of fused-ring (bicyclic) bond motifs is 2. The Hall–Kier alpha value is -3.08. The van der Waals surface area contributed by atoms with Crippen molar-refractivity contribution in [3.05, 3.63) is 51.9 Å². The molecule has 1 aliphatic heterocycles. The maximum Gasteiger partial charge on any atom is 0.267 e. The molecule has 1 amide bonds. The van der Waals surface area contributed by atoms with Crippen molar-refractivity contribution in [3.8, 4) is 0 Å².